The van der Waals surface area contributed by atoms with Crippen LogP contribution in [0.1, 0.15) is 36.7 Å². The number of carbonyl (C=O) groups is 2. The van der Waals surface area contributed by atoms with E-state index in [1.165, 1.54) is 0 Å². The summed E-state index contributed by atoms with van der Waals surface area (Å²) in [4.78, 5) is 24.8. The quantitative estimate of drug-likeness (QED) is 0.489. The predicted octanol–water partition coefficient (Wildman–Crippen LogP) is 1.92. The molecule has 0 aliphatic heterocycles. The summed E-state index contributed by atoms with van der Waals surface area (Å²) in [6, 6.07) is 0.874. The fourth-order valence-corrected chi connectivity index (χ4v) is 1.40. The summed E-state index contributed by atoms with van der Waals surface area (Å²) < 4.78 is 26.4. The maximum Gasteiger partial charge on any atom is 0.377 e. The van der Waals surface area contributed by atoms with Crippen molar-refractivity contribution in [1.29, 1.82) is 0 Å². The van der Waals surface area contributed by atoms with Gasteiger partial charge in [-0.25, -0.2) is 4.79 Å². The molecule has 0 saturated heterocycles. The van der Waals surface area contributed by atoms with Crippen LogP contribution in [0.3, 0.4) is 0 Å². The summed E-state index contributed by atoms with van der Waals surface area (Å²) in [6.45, 7) is 4.83. The number of rotatable bonds is 2. The van der Waals surface area contributed by atoms with Gasteiger partial charge in [0.25, 0.3) is 5.78 Å². The number of halogens is 2. The third-order valence-corrected chi connectivity index (χ3v) is 2.17. The minimum atomic E-state index is -1.80. The molecule has 92 valence electrons. The van der Waals surface area contributed by atoms with Gasteiger partial charge in [-0.05, 0) is 17.0 Å². The van der Waals surface area contributed by atoms with Crippen LogP contribution in [-0.2, 0) is 10.2 Å². The first kappa shape index (κ1) is 13.2. The van der Waals surface area contributed by atoms with Crippen LogP contribution >= 0.6 is 0 Å². The molecule has 1 aromatic heterocycles. The van der Waals surface area contributed by atoms with Gasteiger partial charge in [0.1, 0.15) is 0 Å². The lowest BCUT2D eigenvalue weighted by atomic mass is 9.83. The van der Waals surface area contributed by atoms with Crippen LogP contribution in [0.15, 0.2) is 6.07 Å². The predicted molar refractivity (Wildman–Crippen MR) is 54.8 cm³/mol. The zero-order valence-corrected chi connectivity index (χ0v) is 9.54. The van der Waals surface area contributed by atoms with E-state index in [0.717, 1.165) is 6.07 Å². The fourth-order valence-electron chi connectivity index (χ4n) is 1.40. The van der Waals surface area contributed by atoms with Crippen molar-refractivity contribution in [1.82, 2.24) is 4.98 Å². The van der Waals surface area contributed by atoms with Gasteiger partial charge in [0, 0.05) is 0 Å². The lowest BCUT2D eigenvalue weighted by Crippen LogP contribution is -2.24. The third-order valence-electron chi connectivity index (χ3n) is 2.17. The molecule has 0 bridgehead atoms. The standard InChI is InChI=1S/C11H11F2NO3/c1-11(2,3)5-4-6(12)14-9(13)7(5)8(15)10(16)17/h4H,1-3H3,(H,16,17). The Balaban J connectivity index is 3.58. The first-order chi connectivity index (χ1) is 7.64. The number of carboxylic acids is 1. The molecule has 6 heteroatoms. The van der Waals surface area contributed by atoms with Crippen LogP contribution in [0.4, 0.5) is 8.78 Å². The number of Topliss-reactive ketones (excluding diaryl/α,β-unsaturated/α-hetero) is 1. The maximum absolute atomic E-state index is 13.4. The normalized spacial score (nSPS) is 11.4. The highest BCUT2D eigenvalue weighted by Crippen LogP contribution is 2.27. The van der Waals surface area contributed by atoms with Crippen molar-refractivity contribution < 1.29 is 23.5 Å². The molecule has 1 rings (SSSR count). The van der Waals surface area contributed by atoms with Gasteiger partial charge < -0.3 is 5.11 Å². The minimum absolute atomic E-state index is 0.0186. The van der Waals surface area contributed by atoms with E-state index in [2.05, 4.69) is 4.98 Å². The van der Waals surface area contributed by atoms with Gasteiger partial charge in [0.05, 0.1) is 5.56 Å². The van der Waals surface area contributed by atoms with Crippen molar-refractivity contribution in [3.05, 3.63) is 29.1 Å². The molecule has 1 heterocycles. The molecule has 1 N–H and O–H groups in total. The molecule has 0 amide bonds. The van der Waals surface area contributed by atoms with Crippen molar-refractivity contribution in [2.75, 3.05) is 0 Å². The lowest BCUT2D eigenvalue weighted by Gasteiger charge is -2.21. The second-order valence-corrected chi connectivity index (χ2v) is 4.54. The molecule has 0 aliphatic rings. The zero-order chi connectivity index (χ0) is 13.4. The largest absolute Gasteiger partial charge is 0.475 e. The van der Waals surface area contributed by atoms with Crippen LogP contribution in [0.2, 0.25) is 0 Å². The van der Waals surface area contributed by atoms with Crippen molar-refractivity contribution in [3.63, 3.8) is 0 Å². The molecule has 0 saturated carbocycles. The Morgan fingerprint density at radius 1 is 1.29 bits per heavy atom. The number of carboxylic acid groups (broad SMARTS) is 1. The molecule has 0 unspecified atom stereocenters. The molecule has 4 nitrogen and oxygen atoms in total. The van der Waals surface area contributed by atoms with E-state index in [1.54, 1.807) is 20.8 Å². The molecule has 0 aromatic carbocycles. The van der Waals surface area contributed by atoms with Gasteiger partial charge in [-0.3, -0.25) is 4.79 Å². The van der Waals surface area contributed by atoms with Gasteiger partial charge in [0.2, 0.25) is 11.9 Å². The van der Waals surface area contributed by atoms with Gasteiger partial charge in [-0.1, -0.05) is 20.8 Å². The molecule has 0 fully saturated rings. The van der Waals surface area contributed by atoms with E-state index in [9.17, 15) is 18.4 Å². The Hall–Kier alpha value is -1.85. The zero-order valence-electron chi connectivity index (χ0n) is 9.54. The van der Waals surface area contributed by atoms with Crippen molar-refractivity contribution in [2.24, 2.45) is 0 Å². The van der Waals surface area contributed by atoms with Crippen molar-refractivity contribution in [2.45, 2.75) is 26.2 Å². The average molecular weight is 243 g/mol. The van der Waals surface area contributed by atoms with E-state index in [-0.39, 0.29) is 5.56 Å². The van der Waals surface area contributed by atoms with E-state index in [1.807, 2.05) is 0 Å². The average Bonchev–Trinajstić information content (AvgIpc) is 2.14. The Kier molecular flexibility index (Phi) is 3.26. The summed E-state index contributed by atoms with van der Waals surface area (Å²) in [6.07, 6.45) is 0. The molecular formula is C11H11F2NO3. The minimum Gasteiger partial charge on any atom is -0.475 e. The van der Waals surface area contributed by atoms with Gasteiger partial charge >= 0.3 is 5.97 Å². The number of hydrogen-bond acceptors (Lipinski definition) is 3. The number of pyridine rings is 1. The molecule has 0 radical (unpaired) electrons. The second-order valence-electron chi connectivity index (χ2n) is 4.54. The summed E-state index contributed by atoms with van der Waals surface area (Å²) in [5.74, 6) is -5.72. The first-order valence-corrected chi connectivity index (χ1v) is 4.78. The number of aliphatic carboxylic acids is 1. The highest BCUT2D eigenvalue weighted by Gasteiger charge is 2.30. The van der Waals surface area contributed by atoms with Crippen LogP contribution in [0.5, 0.6) is 0 Å². The number of carbonyl (C=O) groups excluding carboxylic acids is 1. The van der Waals surface area contributed by atoms with E-state index in [4.69, 9.17) is 5.11 Å². The van der Waals surface area contributed by atoms with Crippen LogP contribution < -0.4 is 0 Å². The highest BCUT2D eigenvalue weighted by molar-refractivity contribution is 6.40. The van der Waals surface area contributed by atoms with Crippen LogP contribution in [0.25, 0.3) is 0 Å². The van der Waals surface area contributed by atoms with Gasteiger partial charge in [-0.2, -0.15) is 13.8 Å². The van der Waals surface area contributed by atoms with E-state index in [0.29, 0.717) is 0 Å². The lowest BCUT2D eigenvalue weighted by molar-refractivity contribution is -0.131. The Morgan fingerprint density at radius 3 is 2.24 bits per heavy atom. The molecule has 0 atom stereocenters. The van der Waals surface area contributed by atoms with Crippen molar-refractivity contribution in [3.8, 4) is 0 Å². The number of hydrogen-bond donors (Lipinski definition) is 1. The van der Waals surface area contributed by atoms with Crippen LogP contribution in [-0.4, -0.2) is 21.8 Å². The summed E-state index contributed by atoms with van der Waals surface area (Å²) in [7, 11) is 0. The SMILES string of the molecule is CC(C)(C)c1cc(F)nc(F)c1C(=O)C(=O)O. The highest BCUT2D eigenvalue weighted by atomic mass is 19.1. The maximum atomic E-state index is 13.4. The molecule has 17 heavy (non-hydrogen) atoms. The van der Waals surface area contributed by atoms with E-state index < -0.39 is 34.6 Å². The Bertz CT molecular complexity index is 492. The van der Waals surface area contributed by atoms with Gasteiger partial charge in [0.15, 0.2) is 0 Å². The summed E-state index contributed by atoms with van der Waals surface area (Å²) >= 11 is 0. The number of nitrogens with zero attached hydrogens (tertiary/aromatic N) is 1. The first-order valence-electron chi connectivity index (χ1n) is 4.78. The topological polar surface area (TPSA) is 67.3 Å². The van der Waals surface area contributed by atoms with E-state index >= 15 is 0 Å². The summed E-state index contributed by atoms with van der Waals surface area (Å²) in [5, 5.41) is 8.58. The van der Waals surface area contributed by atoms with Crippen molar-refractivity contribution >= 4 is 11.8 Å². The third kappa shape index (κ3) is 2.64. The molecule has 1 aromatic rings. The summed E-state index contributed by atoms with van der Waals surface area (Å²) in [5.41, 5.74) is -1.48. The van der Waals surface area contributed by atoms with Crippen LogP contribution in [0, 0.1) is 11.9 Å². The Labute approximate surface area is 96.3 Å². The van der Waals surface area contributed by atoms with Gasteiger partial charge in [-0.15, -0.1) is 0 Å². The number of ketones is 1. The Morgan fingerprint density at radius 2 is 1.82 bits per heavy atom. The molecular weight excluding hydrogens is 232 g/mol. The monoisotopic (exact) mass is 243 g/mol. The smallest absolute Gasteiger partial charge is 0.377 e. The molecule has 0 spiro atoms. The number of aromatic nitrogens is 1. The molecule has 0 aliphatic carbocycles. The fraction of sp³-hybridized carbons (Fsp3) is 0.364. The second kappa shape index (κ2) is 4.20.